The van der Waals surface area contributed by atoms with E-state index < -0.39 is 29.3 Å². The molecule has 8 nitrogen and oxygen atoms in total. The number of carbonyl (C=O) groups is 2. The maximum absolute atomic E-state index is 12.5. The van der Waals surface area contributed by atoms with E-state index in [0.717, 1.165) is 5.56 Å². The van der Waals surface area contributed by atoms with Gasteiger partial charge < -0.3 is 14.8 Å². The first-order valence-corrected chi connectivity index (χ1v) is 9.15. The van der Waals surface area contributed by atoms with Gasteiger partial charge in [-0.1, -0.05) is 37.6 Å². The number of non-ortho nitro benzene ring substituents is 1. The number of carbonyl (C=O) groups excluding carboxylic acids is 2. The fourth-order valence-electron chi connectivity index (χ4n) is 2.77. The van der Waals surface area contributed by atoms with E-state index in [1.165, 1.54) is 25.3 Å². The van der Waals surface area contributed by atoms with E-state index in [4.69, 9.17) is 21.1 Å². The molecule has 29 heavy (non-hydrogen) atoms. The van der Waals surface area contributed by atoms with Crippen LogP contribution in [0.15, 0.2) is 42.5 Å². The molecule has 0 aliphatic heterocycles. The molecule has 0 aliphatic rings. The van der Waals surface area contributed by atoms with E-state index in [0.29, 0.717) is 5.02 Å². The van der Waals surface area contributed by atoms with Gasteiger partial charge in [0.05, 0.1) is 29.7 Å². The Hall–Kier alpha value is -3.13. The minimum absolute atomic E-state index is 0.0542. The monoisotopic (exact) mass is 420 g/mol. The van der Waals surface area contributed by atoms with Crippen molar-refractivity contribution in [3.8, 4) is 5.75 Å². The standard InChI is InChI=1S/C20H21ClN2O6/c1-12(2)19(13-4-6-14(21)7-5-13)20(25)29-11-18(24)22-16-9-8-15(23(26)27)10-17(16)28-3/h4-10,12,19H,11H2,1-3H3,(H,22,24). The zero-order chi connectivity index (χ0) is 21.6. The number of hydrogen-bond acceptors (Lipinski definition) is 6. The highest BCUT2D eigenvalue weighted by molar-refractivity contribution is 6.30. The van der Waals surface area contributed by atoms with E-state index in [1.54, 1.807) is 24.3 Å². The van der Waals surface area contributed by atoms with Crippen LogP contribution in [0.25, 0.3) is 0 Å². The summed E-state index contributed by atoms with van der Waals surface area (Å²) in [5, 5.41) is 13.9. The Labute approximate surface area is 172 Å². The fraction of sp³-hybridized carbons (Fsp3) is 0.300. The molecule has 0 fully saturated rings. The highest BCUT2D eigenvalue weighted by Crippen LogP contribution is 2.29. The molecule has 0 aromatic heterocycles. The summed E-state index contributed by atoms with van der Waals surface area (Å²) in [7, 11) is 1.33. The second-order valence-corrected chi connectivity index (χ2v) is 7.01. The normalized spacial score (nSPS) is 11.6. The lowest BCUT2D eigenvalue weighted by Crippen LogP contribution is -2.26. The third-order valence-corrected chi connectivity index (χ3v) is 4.42. The van der Waals surface area contributed by atoms with Gasteiger partial charge in [-0.25, -0.2) is 0 Å². The smallest absolute Gasteiger partial charge is 0.314 e. The first-order valence-electron chi connectivity index (χ1n) is 8.77. The Morgan fingerprint density at radius 3 is 2.38 bits per heavy atom. The van der Waals surface area contributed by atoms with Crippen molar-refractivity contribution in [2.24, 2.45) is 5.92 Å². The van der Waals surface area contributed by atoms with Crippen LogP contribution >= 0.6 is 11.6 Å². The molecular formula is C20H21ClN2O6. The second kappa shape index (κ2) is 9.88. The molecule has 0 aliphatic carbocycles. The molecule has 2 aromatic carbocycles. The summed E-state index contributed by atoms with van der Waals surface area (Å²) in [5.41, 5.74) is 0.804. The summed E-state index contributed by atoms with van der Waals surface area (Å²) < 4.78 is 10.2. The molecule has 0 heterocycles. The minimum Gasteiger partial charge on any atom is -0.494 e. The lowest BCUT2D eigenvalue weighted by atomic mass is 9.88. The van der Waals surface area contributed by atoms with Crippen LogP contribution < -0.4 is 10.1 Å². The molecule has 0 bridgehead atoms. The number of anilines is 1. The van der Waals surface area contributed by atoms with Crippen molar-refractivity contribution in [2.45, 2.75) is 19.8 Å². The largest absolute Gasteiger partial charge is 0.494 e. The van der Waals surface area contributed by atoms with Crippen LogP contribution in [-0.2, 0) is 14.3 Å². The van der Waals surface area contributed by atoms with E-state index in [1.807, 2.05) is 13.8 Å². The summed E-state index contributed by atoms with van der Waals surface area (Å²) >= 11 is 5.89. The quantitative estimate of drug-likeness (QED) is 0.390. The van der Waals surface area contributed by atoms with E-state index in [9.17, 15) is 19.7 Å². The van der Waals surface area contributed by atoms with Crippen molar-refractivity contribution in [1.29, 1.82) is 0 Å². The van der Waals surface area contributed by atoms with Crippen molar-refractivity contribution >= 4 is 34.9 Å². The number of esters is 1. The van der Waals surface area contributed by atoms with Crippen LogP contribution in [0.3, 0.4) is 0 Å². The zero-order valence-electron chi connectivity index (χ0n) is 16.2. The Balaban J connectivity index is 2.03. The first kappa shape index (κ1) is 22.2. The molecular weight excluding hydrogens is 400 g/mol. The maximum Gasteiger partial charge on any atom is 0.314 e. The van der Waals surface area contributed by atoms with Crippen LogP contribution in [0.5, 0.6) is 5.75 Å². The first-order chi connectivity index (χ1) is 13.7. The molecule has 0 radical (unpaired) electrons. The van der Waals surface area contributed by atoms with Crippen LogP contribution in [0.4, 0.5) is 11.4 Å². The highest BCUT2D eigenvalue weighted by Gasteiger charge is 2.26. The topological polar surface area (TPSA) is 108 Å². The third kappa shape index (κ3) is 5.92. The van der Waals surface area contributed by atoms with Crippen LogP contribution in [0.1, 0.15) is 25.3 Å². The summed E-state index contributed by atoms with van der Waals surface area (Å²) in [6.45, 7) is 3.25. The number of halogens is 1. The van der Waals surface area contributed by atoms with Crippen molar-refractivity contribution in [1.82, 2.24) is 0 Å². The number of nitro groups is 1. The molecule has 9 heteroatoms. The molecule has 1 atom stereocenters. The summed E-state index contributed by atoms with van der Waals surface area (Å²) in [6.07, 6.45) is 0. The van der Waals surface area contributed by atoms with E-state index in [-0.39, 0.29) is 23.0 Å². The second-order valence-electron chi connectivity index (χ2n) is 6.57. The van der Waals surface area contributed by atoms with Gasteiger partial charge in [-0.2, -0.15) is 0 Å². The lowest BCUT2D eigenvalue weighted by molar-refractivity contribution is -0.384. The fourth-order valence-corrected chi connectivity index (χ4v) is 2.90. The number of nitro benzene ring substituents is 1. The third-order valence-electron chi connectivity index (χ3n) is 4.17. The molecule has 0 spiro atoms. The molecule has 2 rings (SSSR count). The van der Waals surface area contributed by atoms with Gasteiger partial charge in [-0.15, -0.1) is 0 Å². The van der Waals surface area contributed by atoms with Gasteiger partial charge in [0, 0.05) is 11.1 Å². The summed E-state index contributed by atoms with van der Waals surface area (Å²) in [6, 6.07) is 10.6. The Bertz CT molecular complexity index is 898. The number of rotatable bonds is 8. The van der Waals surface area contributed by atoms with E-state index >= 15 is 0 Å². The number of nitrogens with zero attached hydrogens (tertiary/aromatic N) is 1. The molecule has 1 unspecified atom stereocenters. The minimum atomic E-state index is -0.593. The zero-order valence-corrected chi connectivity index (χ0v) is 16.9. The summed E-state index contributed by atoms with van der Waals surface area (Å²) in [5.74, 6) is -1.60. The van der Waals surface area contributed by atoms with Crippen molar-refractivity contribution in [3.63, 3.8) is 0 Å². The van der Waals surface area contributed by atoms with Gasteiger partial charge in [-0.3, -0.25) is 19.7 Å². The van der Waals surface area contributed by atoms with Crippen LogP contribution in [-0.4, -0.2) is 30.5 Å². The lowest BCUT2D eigenvalue weighted by Gasteiger charge is -2.20. The van der Waals surface area contributed by atoms with Crippen molar-refractivity contribution in [3.05, 3.63) is 63.2 Å². The average Bonchev–Trinajstić information content (AvgIpc) is 2.68. The van der Waals surface area contributed by atoms with Gasteiger partial charge in [0.15, 0.2) is 6.61 Å². The van der Waals surface area contributed by atoms with Gasteiger partial charge in [-0.05, 0) is 29.7 Å². The van der Waals surface area contributed by atoms with Gasteiger partial charge in [0.2, 0.25) is 0 Å². The molecule has 0 saturated heterocycles. The average molecular weight is 421 g/mol. The van der Waals surface area contributed by atoms with Gasteiger partial charge in [0.25, 0.3) is 11.6 Å². The van der Waals surface area contributed by atoms with Crippen LogP contribution in [0, 0.1) is 16.0 Å². The number of amides is 1. The summed E-state index contributed by atoms with van der Waals surface area (Å²) in [4.78, 5) is 35.0. The number of hydrogen-bond donors (Lipinski definition) is 1. The predicted molar refractivity (Wildman–Crippen MR) is 108 cm³/mol. The highest BCUT2D eigenvalue weighted by atomic mass is 35.5. The number of nitrogens with one attached hydrogen (secondary N) is 1. The Kier molecular flexibility index (Phi) is 7.55. The number of ether oxygens (including phenoxy) is 2. The number of benzene rings is 2. The molecule has 154 valence electrons. The van der Waals surface area contributed by atoms with Gasteiger partial charge in [0.1, 0.15) is 5.75 Å². The molecule has 2 aromatic rings. The Morgan fingerprint density at radius 2 is 1.83 bits per heavy atom. The predicted octanol–water partition coefficient (Wildman–Crippen LogP) is 4.18. The van der Waals surface area contributed by atoms with Crippen molar-refractivity contribution in [2.75, 3.05) is 19.0 Å². The molecule has 0 saturated carbocycles. The SMILES string of the molecule is COc1cc([N+](=O)[O-])ccc1NC(=O)COC(=O)C(c1ccc(Cl)cc1)C(C)C. The van der Waals surface area contributed by atoms with Gasteiger partial charge >= 0.3 is 5.97 Å². The number of methoxy groups -OCH3 is 1. The van der Waals surface area contributed by atoms with Crippen molar-refractivity contribution < 1.29 is 24.0 Å². The Morgan fingerprint density at radius 1 is 1.17 bits per heavy atom. The molecule has 1 N–H and O–H groups in total. The van der Waals surface area contributed by atoms with Crippen LogP contribution in [0.2, 0.25) is 5.02 Å². The maximum atomic E-state index is 12.5. The molecule has 1 amide bonds. The van der Waals surface area contributed by atoms with E-state index in [2.05, 4.69) is 5.32 Å².